The normalized spacial score (nSPS) is 13.8. The molecule has 0 aliphatic heterocycles. The number of rotatable bonds is 7. The second-order valence-corrected chi connectivity index (χ2v) is 15.9. The van der Waals surface area contributed by atoms with Crippen LogP contribution in [0.4, 0.5) is 17.1 Å². The average Bonchev–Trinajstić information content (AvgIpc) is 3.68. The lowest BCUT2D eigenvalue weighted by Crippen LogP contribution is -2.10. The molecule has 1 aliphatic carbocycles. The molecule has 0 N–H and O–H groups in total. The molecule has 4 nitrogen and oxygen atoms in total. The molecule has 0 fully saturated rings. The Morgan fingerprint density at radius 3 is 2.12 bits per heavy atom. The van der Waals surface area contributed by atoms with Crippen molar-refractivity contribution in [3.63, 3.8) is 0 Å². The van der Waals surface area contributed by atoms with E-state index in [-0.39, 0.29) is 5.92 Å². The van der Waals surface area contributed by atoms with Crippen LogP contribution in [-0.4, -0.2) is 15.0 Å². The van der Waals surface area contributed by atoms with Crippen LogP contribution < -0.4 is 4.90 Å². The van der Waals surface area contributed by atoms with E-state index in [9.17, 15) is 0 Å². The summed E-state index contributed by atoms with van der Waals surface area (Å²) in [5.41, 5.74) is 7.70. The largest absolute Gasteiger partial charge is 0.310 e. The maximum atomic E-state index is 5.16. The first-order chi connectivity index (χ1) is 28.7. The number of thiophene rings is 1. The Balaban J connectivity index is 1.03. The molecule has 11 rings (SSSR count). The molecular weight excluding hydrogens is 725 g/mol. The molecule has 8 aromatic carbocycles. The van der Waals surface area contributed by atoms with E-state index in [1.54, 1.807) is 0 Å². The summed E-state index contributed by atoms with van der Waals surface area (Å²) < 4.78 is 2.43. The number of fused-ring (bicyclic) bond motifs is 5. The van der Waals surface area contributed by atoms with E-state index in [1.807, 2.05) is 29.5 Å². The molecule has 1 aliphatic rings. The number of hydrogen-bond donors (Lipinski definition) is 0. The van der Waals surface area contributed by atoms with Crippen LogP contribution >= 0.6 is 11.3 Å². The van der Waals surface area contributed by atoms with Gasteiger partial charge in [0.2, 0.25) is 0 Å². The second kappa shape index (κ2) is 14.4. The molecule has 0 amide bonds. The molecule has 0 saturated carbocycles. The van der Waals surface area contributed by atoms with Gasteiger partial charge in [0.1, 0.15) is 5.82 Å². The molecule has 2 aromatic heterocycles. The highest BCUT2D eigenvalue weighted by Crippen LogP contribution is 2.44. The van der Waals surface area contributed by atoms with Gasteiger partial charge in [0.05, 0.1) is 5.69 Å². The monoisotopic (exact) mass is 760 g/mol. The standard InChI is InChI=1S/C53H36N4S/c1-3-16-37(17-4-1)51-54-52(38-18-5-2-6-19-38)56-53(55-51)46-25-13-27-48-50(46)45-31-29-41(34-49(45)58-48)40-22-11-23-42(33-40)57(43-30-28-35-14-7-8-20-39(35)32-43)47-26-12-21-36-15-9-10-24-44(36)47/h1-18,20-34,38H,19H2. The van der Waals surface area contributed by atoms with E-state index in [0.29, 0.717) is 11.6 Å². The zero-order valence-corrected chi connectivity index (χ0v) is 32.4. The van der Waals surface area contributed by atoms with Gasteiger partial charge in [0.15, 0.2) is 11.6 Å². The van der Waals surface area contributed by atoms with Gasteiger partial charge in [0.25, 0.3) is 0 Å². The molecule has 2 heterocycles. The number of allylic oxidation sites excluding steroid dienone is 4. The van der Waals surface area contributed by atoms with Crippen molar-refractivity contribution in [2.45, 2.75) is 12.3 Å². The zero-order valence-electron chi connectivity index (χ0n) is 31.5. The topological polar surface area (TPSA) is 41.9 Å². The minimum Gasteiger partial charge on any atom is -0.310 e. The first-order valence-electron chi connectivity index (χ1n) is 19.7. The third kappa shape index (κ3) is 6.13. The lowest BCUT2D eigenvalue weighted by molar-refractivity contribution is 0.764. The highest BCUT2D eigenvalue weighted by Gasteiger charge is 2.21. The quantitative estimate of drug-likeness (QED) is 0.162. The van der Waals surface area contributed by atoms with E-state index in [1.165, 1.54) is 47.3 Å². The summed E-state index contributed by atoms with van der Waals surface area (Å²) in [4.78, 5) is 17.7. The van der Waals surface area contributed by atoms with Crippen molar-refractivity contribution < 1.29 is 0 Å². The predicted octanol–water partition coefficient (Wildman–Crippen LogP) is 14.6. The summed E-state index contributed by atoms with van der Waals surface area (Å²) >= 11 is 1.82. The summed E-state index contributed by atoms with van der Waals surface area (Å²) in [6.07, 6.45) is 9.41. The highest BCUT2D eigenvalue weighted by molar-refractivity contribution is 7.26. The van der Waals surface area contributed by atoms with Crippen molar-refractivity contribution in [3.8, 4) is 33.9 Å². The summed E-state index contributed by atoms with van der Waals surface area (Å²) in [5.74, 6) is 2.30. The molecular formula is C53H36N4S. The fraction of sp³-hybridized carbons (Fsp3) is 0.0377. The average molecular weight is 761 g/mol. The van der Waals surface area contributed by atoms with Crippen LogP contribution in [0.2, 0.25) is 0 Å². The molecule has 0 bridgehead atoms. The van der Waals surface area contributed by atoms with E-state index in [0.717, 1.165) is 46.0 Å². The van der Waals surface area contributed by atoms with Gasteiger partial charge in [-0.3, -0.25) is 0 Å². The fourth-order valence-corrected chi connectivity index (χ4v) is 9.50. The van der Waals surface area contributed by atoms with Crippen molar-refractivity contribution in [3.05, 3.63) is 206 Å². The molecule has 1 unspecified atom stereocenters. The molecule has 10 aromatic rings. The summed E-state index contributed by atoms with van der Waals surface area (Å²) in [5, 5.41) is 7.24. The Kier molecular flexibility index (Phi) is 8.45. The van der Waals surface area contributed by atoms with Crippen LogP contribution in [-0.2, 0) is 0 Å². The Morgan fingerprint density at radius 1 is 0.483 bits per heavy atom. The van der Waals surface area contributed by atoms with Crippen LogP contribution in [0.15, 0.2) is 200 Å². The molecule has 0 saturated heterocycles. The third-order valence-corrected chi connectivity index (χ3v) is 12.3. The Morgan fingerprint density at radius 2 is 1.22 bits per heavy atom. The molecule has 5 heteroatoms. The molecule has 0 radical (unpaired) electrons. The van der Waals surface area contributed by atoms with Crippen molar-refractivity contribution in [1.82, 2.24) is 15.0 Å². The summed E-state index contributed by atoms with van der Waals surface area (Å²) in [6.45, 7) is 0. The maximum Gasteiger partial charge on any atom is 0.164 e. The van der Waals surface area contributed by atoms with E-state index in [4.69, 9.17) is 15.0 Å². The molecule has 0 spiro atoms. The van der Waals surface area contributed by atoms with E-state index < -0.39 is 0 Å². The van der Waals surface area contributed by atoms with Crippen LogP contribution in [0.3, 0.4) is 0 Å². The van der Waals surface area contributed by atoms with Crippen LogP contribution in [0.25, 0.3) is 75.6 Å². The fourth-order valence-electron chi connectivity index (χ4n) is 8.33. The van der Waals surface area contributed by atoms with Gasteiger partial charge in [0, 0.05) is 54.0 Å². The SMILES string of the molecule is C1=CCC(c2nc(-c3ccccc3)nc(-c3cccc4sc5cc(-c6cccc(N(c7ccc8ccccc8c7)c7cccc8ccccc78)c6)ccc5c34)n2)C=C1. The highest BCUT2D eigenvalue weighted by atomic mass is 32.1. The Labute approximate surface area is 340 Å². The maximum absolute atomic E-state index is 5.16. The van der Waals surface area contributed by atoms with Gasteiger partial charge in [-0.15, -0.1) is 11.3 Å². The molecule has 1 atom stereocenters. The molecule has 58 heavy (non-hydrogen) atoms. The minimum absolute atomic E-state index is 0.101. The zero-order chi connectivity index (χ0) is 38.4. The van der Waals surface area contributed by atoms with Crippen LogP contribution in [0.1, 0.15) is 18.2 Å². The smallest absolute Gasteiger partial charge is 0.164 e. The number of hydrogen-bond acceptors (Lipinski definition) is 5. The summed E-state index contributed by atoms with van der Waals surface area (Å²) in [7, 11) is 0. The van der Waals surface area contributed by atoms with Crippen LogP contribution in [0, 0.1) is 0 Å². The third-order valence-electron chi connectivity index (χ3n) is 11.2. The van der Waals surface area contributed by atoms with Crippen molar-refractivity contribution in [1.29, 1.82) is 0 Å². The van der Waals surface area contributed by atoms with E-state index >= 15 is 0 Å². The van der Waals surface area contributed by atoms with Gasteiger partial charge >= 0.3 is 0 Å². The van der Waals surface area contributed by atoms with Crippen molar-refractivity contribution >= 4 is 70.1 Å². The summed E-state index contributed by atoms with van der Waals surface area (Å²) in [6, 6.07) is 63.1. The number of aromatic nitrogens is 3. The van der Waals surface area contributed by atoms with Crippen molar-refractivity contribution in [2.75, 3.05) is 4.90 Å². The lowest BCUT2D eigenvalue weighted by atomic mass is 9.99. The van der Waals surface area contributed by atoms with Gasteiger partial charge in [-0.05, 0) is 76.2 Å². The molecule has 274 valence electrons. The van der Waals surface area contributed by atoms with Gasteiger partial charge < -0.3 is 4.90 Å². The predicted molar refractivity (Wildman–Crippen MR) is 244 cm³/mol. The van der Waals surface area contributed by atoms with Gasteiger partial charge in [-0.2, -0.15) is 0 Å². The van der Waals surface area contributed by atoms with Crippen LogP contribution in [0.5, 0.6) is 0 Å². The first-order valence-corrected chi connectivity index (χ1v) is 20.5. The Bertz CT molecular complexity index is 3230. The van der Waals surface area contributed by atoms with Gasteiger partial charge in [-0.1, -0.05) is 158 Å². The van der Waals surface area contributed by atoms with Crippen molar-refractivity contribution in [2.24, 2.45) is 0 Å². The first kappa shape index (κ1) is 34.1. The second-order valence-electron chi connectivity index (χ2n) is 14.8. The number of anilines is 3. The number of benzene rings is 8. The Hall–Kier alpha value is -7.21. The van der Waals surface area contributed by atoms with E-state index in [2.05, 4.69) is 187 Å². The number of nitrogens with zero attached hydrogens (tertiary/aromatic N) is 4. The minimum atomic E-state index is 0.101. The van der Waals surface area contributed by atoms with Gasteiger partial charge in [-0.25, -0.2) is 15.0 Å². The lowest BCUT2D eigenvalue weighted by Gasteiger charge is -2.27.